The number of benzene rings is 1. The predicted octanol–water partition coefficient (Wildman–Crippen LogP) is 4.69. The molecule has 2 aliphatic rings. The Bertz CT molecular complexity index is 1270. The number of carbonyl (C=O) groups is 1. The molecule has 2 aliphatic heterocycles. The van der Waals surface area contributed by atoms with Crippen molar-refractivity contribution >= 4 is 23.2 Å². The highest BCUT2D eigenvalue weighted by Crippen LogP contribution is 2.35. The number of fused-ring (bicyclic) bond motifs is 1. The van der Waals surface area contributed by atoms with Crippen LogP contribution in [0.15, 0.2) is 95.4 Å². The Labute approximate surface area is 171 Å². The topological polar surface area (TPSA) is 61.9 Å². The van der Waals surface area contributed by atoms with Gasteiger partial charge in [0.1, 0.15) is 17.3 Å². The maximum atomic E-state index is 12.9. The Hall–Kier alpha value is -3.95. The SMILES string of the molecule is N#CC1=C2C=CC=CN2/C(=C\c2cn(-c3ccccc3)nc2-c2cccs2)C1=O. The van der Waals surface area contributed by atoms with Gasteiger partial charge in [-0.3, -0.25) is 4.79 Å². The van der Waals surface area contributed by atoms with Gasteiger partial charge in [-0.05, 0) is 41.8 Å². The quantitative estimate of drug-likeness (QED) is 0.605. The van der Waals surface area contributed by atoms with E-state index in [-0.39, 0.29) is 11.4 Å². The predicted molar refractivity (Wildman–Crippen MR) is 113 cm³/mol. The Morgan fingerprint density at radius 3 is 2.72 bits per heavy atom. The number of para-hydroxylation sites is 1. The summed E-state index contributed by atoms with van der Waals surface area (Å²) in [5.41, 5.74) is 3.77. The molecule has 29 heavy (non-hydrogen) atoms. The third-order valence-electron chi connectivity index (χ3n) is 4.76. The van der Waals surface area contributed by atoms with Crippen LogP contribution >= 0.6 is 11.3 Å². The number of nitriles is 1. The number of Topliss-reactive ketones (excluding diaryl/α,β-unsaturated/α-hetero) is 1. The van der Waals surface area contributed by atoms with Crippen LogP contribution in [-0.4, -0.2) is 20.5 Å². The fourth-order valence-electron chi connectivity index (χ4n) is 3.41. The largest absolute Gasteiger partial charge is 0.312 e. The van der Waals surface area contributed by atoms with E-state index in [1.54, 1.807) is 28.5 Å². The third-order valence-corrected chi connectivity index (χ3v) is 5.63. The molecule has 0 aliphatic carbocycles. The summed E-state index contributed by atoms with van der Waals surface area (Å²) in [5.74, 6) is -0.275. The zero-order chi connectivity index (χ0) is 19.8. The summed E-state index contributed by atoms with van der Waals surface area (Å²) in [7, 11) is 0. The number of nitrogens with zero attached hydrogens (tertiary/aromatic N) is 4. The first-order chi connectivity index (χ1) is 14.3. The van der Waals surface area contributed by atoms with E-state index in [9.17, 15) is 10.1 Å². The average molecular weight is 394 g/mol. The van der Waals surface area contributed by atoms with E-state index in [0.29, 0.717) is 11.4 Å². The van der Waals surface area contributed by atoms with E-state index in [0.717, 1.165) is 21.8 Å². The highest BCUT2D eigenvalue weighted by Gasteiger charge is 2.34. The molecule has 0 atom stereocenters. The number of allylic oxidation sites excluding steroid dienone is 4. The fraction of sp³-hybridized carbons (Fsp3) is 0. The second-order valence-corrected chi connectivity index (χ2v) is 7.44. The van der Waals surface area contributed by atoms with E-state index in [4.69, 9.17) is 5.10 Å². The van der Waals surface area contributed by atoms with Crippen molar-refractivity contribution in [3.05, 3.63) is 101 Å². The minimum Gasteiger partial charge on any atom is -0.312 e. The number of aromatic nitrogens is 2. The molecule has 0 spiro atoms. The molecule has 5 rings (SSSR count). The molecule has 6 heteroatoms. The molecule has 0 saturated heterocycles. The van der Waals surface area contributed by atoms with Crippen LogP contribution < -0.4 is 0 Å². The van der Waals surface area contributed by atoms with Gasteiger partial charge in [-0.15, -0.1) is 11.3 Å². The number of hydrogen-bond donors (Lipinski definition) is 0. The zero-order valence-electron chi connectivity index (χ0n) is 15.2. The first kappa shape index (κ1) is 17.2. The maximum absolute atomic E-state index is 12.9. The lowest BCUT2D eigenvalue weighted by atomic mass is 10.1. The molecule has 3 aromatic rings. The summed E-state index contributed by atoms with van der Waals surface area (Å²) < 4.78 is 1.81. The highest BCUT2D eigenvalue weighted by atomic mass is 32.1. The number of hydrogen-bond acceptors (Lipinski definition) is 5. The summed E-state index contributed by atoms with van der Waals surface area (Å²) in [4.78, 5) is 15.7. The molecule has 0 saturated carbocycles. The first-order valence-electron chi connectivity index (χ1n) is 9.00. The van der Waals surface area contributed by atoms with Crippen LogP contribution in [0.3, 0.4) is 0 Å². The molecule has 1 aromatic carbocycles. The van der Waals surface area contributed by atoms with Crippen LogP contribution in [0, 0.1) is 11.3 Å². The molecule has 0 fully saturated rings. The summed E-state index contributed by atoms with van der Waals surface area (Å²) in [6.45, 7) is 0. The zero-order valence-corrected chi connectivity index (χ0v) is 16.0. The summed E-state index contributed by atoms with van der Waals surface area (Å²) >= 11 is 1.59. The minimum atomic E-state index is -0.275. The van der Waals surface area contributed by atoms with Crippen LogP contribution in [-0.2, 0) is 4.79 Å². The third kappa shape index (κ3) is 2.85. The van der Waals surface area contributed by atoms with E-state index in [2.05, 4.69) is 0 Å². The normalized spacial score (nSPS) is 16.6. The molecular formula is C23H14N4OS. The van der Waals surface area contributed by atoms with Gasteiger partial charge in [0.2, 0.25) is 5.78 Å². The van der Waals surface area contributed by atoms with Crippen molar-refractivity contribution in [2.45, 2.75) is 0 Å². The second kappa shape index (κ2) is 6.89. The smallest absolute Gasteiger partial charge is 0.222 e. The van der Waals surface area contributed by atoms with Crippen molar-refractivity contribution in [1.82, 2.24) is 14.7 Å². The molecule has 4 heterocycles. The Morgan fingerprint density at radius 2 is 1.97 bits per heavy atom. The summed E-state index contributed by atoms with van der Waals surface area (Å²) in [6.07, 6.45) is 11.0. The van der Waals surface area contributed by atoms with Gasteiger partial charge in [0.15, 0.2) is 0 Å². The Kier molecular flexibility index (Phi) is 4.08. The number of carbonyl (C=O) groups excluding carboxylic acids is 1. The van der Waals surface area contributed by atoms with E-state index in [1.807, 2.05) is 83.0 Å². The van der Waals surface area contributed by atoms with Crippen molar-refractivity contribution in [1.29, 1.82) is 5.26 Å². The maximum Gasteiger partial charge on any atom is 0.222 e. The van der Waals surface area contributed by atoms with Gasteiger partial charge in [-0.1, -0.05) is 30.3 Å². The van der Waals surface area contributed by atoms with Crippen molar-refractivity contribution in [3.63, 3.8) is 0 Å². The Morgan fingerprint density at radius 1 is 1.10 bits per heavy atom. The molecule has 0 unspecified atom stereocenters. The molecule has 0 bridgehead atoms. The lowest BCUT2D eigenvalue weighted by Crippen LogP contribution is -2.13. The van der Waals surface area contributed by atoms with Crippen LogP contribution in [0.5, 0.6) is 0 Å². The number of thiophene rings is 1. The number of rotatable bonds is 3. The van der Waals surface area contributed by atoms with Crippen molar-refractivity contribution < 1.29 is 4.79 Å². The lowest BCUT2D eigenvalue weighted by molar-refractivity contribution is -0.112. The Balaban J connectivity index is 1.66. The van der Waals surface area contributed by atoms with Gasteiger partial charge < -0.3 is 4.90 Å². The van der Waals surface area contributed by atoms with Crippen molar-refractivity contribution in [2.75, 3.05) is 0 Å². The van der Waals surface area contributed by atoms with E-state index >= 15 is 0 Å². The molecule has 2 aromatic heterocycles. The number of ketones is 1. The van der Waals surface area contributed by atoms with Gasteiger partial charge in [0.05, 0.1) is 22.0 Å². The van der Waals surface area contributed by atoms with Gasteiger partial charge >= 0.3 is 0 Å². The molecule has 0 radical (unpaired) electrons. The van der Waals surface area contributed by atoms with Gasteiger partial charge in [-0.25, -0.2) is 4.68 Å². The van der Waals surface area contributed by atoms with E-state index < -0.39 is 0 Å². The van der Waals surface area contributed by atoms with Gasteiger partial charge in [-0.2, -0.15) is 10.4 Å². The molecule has 138 valence electrons. The van der Waals surface area contributed by atoms with Gasteiger partial charge in [0, 0.05) is 18.0 Å². The van der Waals surface area contributed by atoms with Crippen molar-refractivity contribution in [3.8, 4) is 22.3 Å². The fourth-order valence-corrected chi connectivity index (χ4v) is 4.14. The molecule has 5 nitrogen and oxygen atoms in total. The van der Waals surface area contributed by atoms with Crippen LogP contribution in [0.2, 0.25) is 0 Å². The first-order valence-corrected chi connectivity index (χ1v) is 9.88. The van der Waals surface area contributed by atoms with Crippen LogP contribution in [0.1, 0.15) is 5.56 Å². The highest BCUT2D eigenvalue weighted by molar-refractivity contribution is 7.13. The standard InChI is InChI=1S/C23H14N4OS/c24-14-18-19-9-4-5-11-26(19)20(23(18)28)13-16-15-27(17-7-2-1-3-8-17)25-22(16)21-10-6-12-29-21/h1-13,15H/b20-13-. The molecule has 0 N–H and O–H groups in total. The van der Waals surface area contributed by atoms with Gasteiger partial charge in [0.25, 0.3) is 0 Å². The van der Waals surface area contributed by atoms with Crippen LogP contribution in [0.4, 0.5) is 0 Å². The lowest BCUT2D eigenvalue weighted by Gasteiger charge is -2.18. The summed E-state index contributed by atoms with van der Waals surface area (Å²) in [5, 5.41) is 16.2. The van der Waals surface area contributed by atoms with Crippen LogP contribution in [0.25, 0.3) is 22.3 Å². The van der Waals surface area contributed by atoms with Crippen molar-refractivity contribution in [2.24, 2.45) is 0 Å². The molecule has 0 amide bonds. The summed E-state index contributed by atoms with van der Waals surface area (Å²) in [6, 6.07) is 15.9. The van der Waals surface area contributed by atoms with E-state index in [1.165, 1.54) is 0 Å². The minimum absolute atomic E-state index is 0.157. The average Bonchev–Trinajstić information content (AvgIpc) is 3.48. The molecular weight excluding hydrogens is 380 g/mol. The monoisotopic (exact) mass is 394 g/mol. The second-order valence-electron chi connectivity index (χ2n) is 6.49.